The van der Waals surface area contributed by atoms with E-state index in [1.54, 1.807) is 0 Å². The van der Waals surface area contributed by atoms with Crippen LogP contribution < -0.4 is 5.73 Å². The monoisotopic (exact) mass is 159 g/mol. The van der Waals surface area contributed by atoms with Crippen LogP contribution in [-0.4, -0.2) is 25.5 Å². The number of rotatable bonds is 0. The highest BCUT2D eigenvalue weighted by Gasteiger charge is 2.30. The Kier molecular flexibility index (Phi) is 2.52. The Labute approximate surface area is 67.9 Å². The van der Waals surface area contributed by atoms with Crippen molar-refractivity contribution in [2.45, 2.75) is 33.1 Å². The molecule has 0 bridgehead atoms. The number of ether oxygens (including phenoxy) is 2. The molecule has 1 rings (SSSR count). The van der Waals surface area contributed by atoms with Crippen LogP contribution >= 0.6 is 0 Å². The molecule has 1 aliphatic heterocycles. The molecule has 0 aromatic heterocycles. The van der Waals surface area contributed by atoms with Gasteiger partial charge in [-0.2, -0.15) is 0 Å². The summed E-state index contributed by atoms with van der Waals surface area (Å²) < 4.78 is 10.8. The Balaban J connectivity index is 2.39. The van der Waals surface area contributed by atoms with Gasteiger partial charge in [-0.05, 0) is 0 Å². The summed E-state index contributed by atoms with van der Waals surface area (Å²) in [7, 11) is 0. The van der Waals surface area contributed by atoms with Crippen LogP contribution in [0.1, 0.15) is 20.8 Å². The minimum atomic E-state index is -0.0951. The molecule has 3 heteroatoms. The van der Waals surface area contributed by atoms with Crippen molar-refractivity contribution >= 4 is 0 Å². The van der Waals surface area contributed by atoms with E-state index in [-0.39, 0.29) is 17.7 Å². The Morgan fingerprint density at radius 3 is 2.00 bits per heavy atom. The minimum Gasteiger partial charge on any atom is -0.350 e. The lowest BCUT2D eigenvalue weighted by atomic mass is 9.95. The van der Waals surface area contributed by atoms with Crippen LogP contribution in [-0.2, 0) is 9.47 Å². The molecule has 1 saturated heterocycles. The maximum absolute atomic E-state index is 5.59. The van der Waals surface area contributed by atoms with E-state index in [0.717, 1.165) is 0 Å². The van der Waals surface area contributed by atoms with E-state index in [4.69, 9.17) is 15.2 Å². The van der Waals surface area contributed by atoms with Crippen molar-refractivity contribution in [1.82, 2.24) is 0 Å². The third-order valence-electron chi connectivity index (χ3n) is 1.63. The van der Waals surface area contributed by atoms with Gasteiger partial charge in [-0.1, -0.05) is 20.8 Å². The van der Waals surface area contributed by atoms with E-state index in [1.165, 1.54) is 0 Å². The average Bonchev–Trinajstić information content (AvgIpc) is 1.86. The molecule has 0 amide bonds. The highest BCUT2D eigenvalue weighted by Crippen LogP contribution is 2.25. The van der Waals surface area contributed by atoms with Crippen molar-refractivity contribution in [2.24, 2.45) is 11.1 Å². The highest BCUT2D eigenvalue weighted by molar-refractivity contribution is 4.72. The maximum atomic E-state index is 5.59. The number of hydrogen-bond acceptors (Lipinski definition) is 3. The minimum absolute atomic E-state index is 0.0496. The van der Waals surface area contributed by atoms with Gasteiger partial charge in [0, 0.05) is 5.41 Å². The molecular weight excluding hydrogens is 142 g/mol. The molecule has 0 aliphatic carbocycles. The fraction of sp³-hybridized carbons (Fsp3) is 1.00. The molecule has 3 nitrogen and oxygen atoms in total. The van der Waals surface area contributed by atoms with E-state index < -0.39 is 0 Å². The smallest absolute Gasteiger partial charge is 0.162 e. The second-order valence-corrected chi connectivity index (χ2v) is 4.12. The SMILES string of the molecule is CC(C)(C)[C@H]1OC[C@H](N)CO1. The maximum Gasteiger partial charge on any atom is 0.162 e. The van der Waals surface area contributed by atoms with Crippen LogP contribution in [0.2, 0.25) is 0 Å². The lowest BCUT2D eigenvalue weighted by Gasteiger charge is -2.35. The van der Waals surface area contributed by atoms with E-state index in [0.29, 0.717) is 13.2 Å². The summed E-state index contributed by atoms with van der Waals surface area (Å²) in [5, 5.41) is 0. The first-order valence-electron chi connectivity index (χ1n) is 3.99. The van der Waals surface area contributed by atoms with Crippen molar-refractivity contribution < 1.29 is 9.47 Å². The van der Waals surface area contributed by atoms with Gasteiger partial charge in [-0.3, -0.25) is 0 Å². The van der Waals surface area contributed by atoms with Gasteiger partial charge in [0.2, 0.25) is 0 Å². The second-order valence-electron chi connectivity index (χ2n) is 4.12. The predicted octanol–water partition coefficient (Wildman–Crippen LogP) is 0.733. The van der Waals surface area contributed by atoms with E-state index in [2.05, 4.69) is 20.8 Å². The third-order valence-corrected chi connectivity index (χ3v) is 1.63. The van der Waals surface area contributed by atoms with E-state index >= 15 is 0 Å². The Morgan fingerprint density at radius 2 is 1.64 bits per heavy atom. The van der Waals surface area contributed by atoms with Crippen molar-refractivity contribution in [1.29, 1.82) is 0 Å². The van der Waals surface area contributed by atoms with Crippen LogP contribution in [0.3, 0.4) is 0 Å². The van der Waals surface area contributed by atoms with Crippen molar-refractivity contribution in [3.05, 3.63) is 0 Å². The normalized spacial score (nSPS) is 33.8. The van der Waals surface area contributed by atoms with Gasteiger partial charge in [0.1, 0.15) is 0 Å². The quantitative estimate of drug-likeness (QED) is 0.566. The Hall–Kier alpha value is -0.120. The molecule has 1 fully saturated rings. The standard InChI is InChI=1S/C8H17NO2/c1-8(2,3)7-10-4-6(9)5-11-7/h6-7H,4-5,9H2,1-3H3/t6-,7-. The van der Waals surface area contributed by atoms with E-state index in [1.807, 2.05) is 0 Å². The molecule has 1 aliphatic rings. The summed E-state index contributed by atoms with van der Waals surface area (Å²) in [5.74, 6) is 0. The highest BCUT2D eigenvalue weighted by atomic mass is 16.7. The fourth-order valence-corrected chi connectivity index (χ4v) is 1.02. The first-order valence-corrected chi connectivity index (χ1v) is 3.99. The molecule has 1 heterocycles. The van der Waals surface area contributed by atoms with Gasteiger partial charge in [0.15, 0.2) is 6.29 Å². The number of hydrogen-bond donors (Lipinski definition) is 1. The Morgan fingerprint density at radius 1 is 1.18 bits per heavy atom. The molecule has 0 spiro atoms. The molecule has 0 saturated carbocycles. The average molecular weight is 159 g/mol. The zero-order chi connectivity index (χ0) is 8.48. The molecule has 2 N–H and O–H groups in total. The van der Waals surface area contributed by atoms with Crippen LogP contribution in [0.5, 0.6) is 0 Å². The summed E-state index contributed by atoms with van der Waals surface area (Å²) >= 11 is 0. The van der Waals surface area contributed by atoms with Gasteiger partial charge >= 0.3 is 0 Å². The summed E-state index contributed by atoms with van der Waals surface area (Å²) in [6.45, 7) is 7.50. The fourth-order valence-electron chi connectivity index (χ4n) is 1.02. The van der Waals surface area contributed by atoms with Gasteiger partial charge in [-0.25, -0.2) is 0 Å². The molecule has 0 aromatic rings. The number of nitrogens with two attached hydrogens (primary N) is 1. The molecule has 11 heavy (non-hydrogen) atoms. The predicted molar refractivity (Wildman–Crippen MR) is 43.1 cm³/mol. The van der Waals surface area contributed by atoms with Gasteiger partial charge in [0.05, 0.1) is 19.3 Å². The summed E-state index contributed by atoms with van der Waals surface area (Å²) in [4.78, 5) is 0. The molecular formula is C8H17NO2. The lowest BCUT2D eigenvalue weighted by Crippen LogP contribution is -2.45. The van der Waals surface area contributed by atoms with E-state index in [9.17, 15) is 0 Å². The first-order chi connectivity index (χ1) is 5.00. The Bertz CT molecular complexity index is 123. The zero-order valence-corrected chi connectivity index (χ0v) is 7.46. The van der Waals surface area contributed by atoms with Crippen LogP contribution in [0.4, 0.5) is 0 Å². The van der Waals surface area contributed by atoms with Gasteiger partial charge in [0.25, 0.3) is 0 Å². The van der Waals surface area contributed by atoms with Gasteiger partial charge in [-0.15, -0.1) is 0 Å². The van der Waals surface area contributed by atoms with Gasteiger partial charge < -0.3 is 15.2 Å². The summed E-state index contributed by atoms with van der Waals surface area (Å²) in [6.07, 6.45) is -0.0951. The summed E-state index contributed by atoms with van der Waals surface area (Å²) in [6, 6.07) is 0.0496. The zero-order valence-electron chi connectivity index (χ0n) is 7.46. The van der Waals surface area contributed by atoms with Crippen molar-refractivity contribution in [3.8, 4) is 0 Å². The van der Waals surface area contributed by atoms with Crippen LogP contribution in [0.25, 0.3) is 0 Å². The second kappa shape index (κ2) is 3.09. The molecule has 0 aromatic carbocycles. The molecule has 0 atom stereocenters. The first kappa shape index (κ1) is 8.97. The molecule has 66 valence electrons. The molecule has 0 radical (unpaired) electrons. The van der Waals surface area contributed by atoms with Crippen molar-refractivity contribution in [2.75, 3.05) is 13.2 Å². The lowest BCUT2D eigenvalue weighted by molar-refractivity contribution is -0.229. The molecule has 0 unspecified atom stereocenters. The van der Waals surface area contributed by atoms with Crippen LogP contribution in [0, 0.1) is 5.41 Å². The van der Waals surface area contributed by atoms with Crippen molar-refractivity contribution in [3.63, 3.8) is 0 Å². The summed E-state index contributed by atoms with van der Waals surface area (Å²) in [5.41, 5.74) is 5.65. The third kappa shape index (κ3) is 2.43. The largest absolute Gasteiger partial charge is 0.350 e. The topological polar surface area (TPSA) is 44.5 Å². The van der Waals surface area contributed by atoms with Crippen LogP contribution in [0.15, 0.2) is 0 Å².